The monoisotopic (exact) mass is 309 g/mol. The molecule has 4 heterocycles. The highest BCUT2D eigenvalue weighted by Gasteiger charge is 2.47. The Balaban J connectivity index is 1.45. The Morgan fingerprint density at radius 2 is 2.00 bits per heavy atom. The number of carbonyl (C=O) groups excluding carboxylic acids is 1. The predicted octanol–water partition coefficient (Wildman–Crippen LogP) is 1.50. The van der Waals surface area contributed by atoms with Crippen molar-refractivity contribution in [2.45, 2.75) is 19.4 Å². The van der Waals surface area contributed by atoms with Crippen molar-refractivity contribution in [1.29, 1.82) is 0 Å². The number of hydrogen-bond donors (Lipinski definition) is 0. The molecule has 0 radical (unpaired) electrons. The average Bonchev–Trinajstić information content (AvgIpc) is 3.12. The van der Waals surface area contributed by atoms with E-state index in [0.717, 1.165) is 38.3 Å². The van der Waals surface area contributed by atoms with E-state index in [4.69, 9.17) is 0 Å². The highest BCUT2D eigenvalue weighted by atomic mass is 16.2. The second kappa shape index (κ2) is 5.70. The number of likely N-dealkylation sites (tertiary alicyclic amines) is 1. The minimum Gasteiger partial charge on any atom is -0.309 e. The molecule has 23 heavy (non-hydrogen) atoms. The summed E-state index contributed by atoms with van der Waals surface area (Å²) in [7, 11) is 0. The zero-order chi connectivity index (χ0) is 15.7. The van der Waals surface area contributed by atoms with E-state index in [0.29, 0.717) is 6.42 Å². The van der Waals surface area contributed by atoms with Crippen molar-refractivity contribution in [2.75, 3.05) is 24.5 Å². The summed E-state index contributed by atoms with van der Waals surface area (Å²) in [5.74, 6) is 0.183. The van der Waals surface area contributed by atoms with Gasteiger partial charge in [-0.1, -0.05) is 6.07 Å². The normalized spacial score (nSPS) is 24.7. The maximum atomic E-state index is 12.4. The van der Waals surface area contributed by atoms with E-state index in [2.05, 4.69) is 25.9 Å². The van der Waals surface area contributed by atoms with Crippen LogP contribution in [0, 0.1) is 5.41 Å². The van der Waals surface area contributed by atoms with Crippen molar-refractivity contribution in [3.8, 4) is 0 Å². The lowest BCUT2D eigenvalue weighted by molar-refractivity contribution is -0.117. The summed E-state index contributed by atoms with van der Waals surface area (Å²) in [6, 6.07) is 4.07. The fourth-order valence-electron chi connectivity index (χ4n) is 3.75. The first kappa shape index (κ1) is 14.3. The summed E-state index contributed by atoms with van der Waals surface area (Å²) in [6.45, 7) is 3.65. The smallest absolute Gasteiger partial charge is 0.227 e. The van der Waals surface area contributed by atoms with Crippen molar-refractivity contribution in [1.82, 2.24) is 19.9 Å². The van der Waals surface area contributed by atoms with Crippen molar-refractivity contribution in [3.63, 3.8) is 0 Å². The zero-order valence-corrected chi connectivity index (χ0v) is 12.9. The molecule has 4 rings (SSSR count). The van der Waals surface area contributed by atoms with Crippen LogP contribution in [0.3, 0.4) is 0 Å². The van der Waals surface area contributed by atoms with Gasteiger partial charge in [0.25, 0.3) is 0 Å². The van der Waals surface area contributed by atoms with Crippen LogP contribution in [-0.4, -0.2) is 45.4 Å². The minimum atomic E-state index is 0.0646. The van der Waals surface area contributed by atoms with E-state index in [-0.39, 0.29) is 11.3 Å². The molecular formula is C17H19N5O. The molecule has 0 aromatic carbocycles. The summed E-state index contributed by atoms with van der Waals surface area (Å²) in [6.07, 6.45) is 10.3. The van der Waals surface area contributed by atoms with E-state index in [1.807, 2.05) is 17.2 Å². The number of hydrogen-bond acceptors (Lipinski definition) is 5. The molecule has 0 saturated carbocycles. The Bertz CT molecular complexity index is 693. The molecule has 2 aliphatic rings. The summed E-state index contributed by atoms with van der Waals surface area (Å²) < 4.78 is 0. The highest BCUT2D eigenvalue weighted by Crippen LogP contribution is 2.41. The molecule has 2 aromatic heterocycles. The molecule has 0 bridgehead atoms. The molecule has 2 saturated heterocycles. The van der Waals surface area contributed by atoms with Gasteiger partial charge in [-0.2, -0.15) is 0 Å². The molecule has 2 fully saturated rings. The molecule has 6 heteroatoms. The van der Waals surface area contributed by atoms with Crippen LogP contribution in [0.1, 0.15) is 18.4 Å². The van der Waals surface area contributed by atoms with Gasteiger partial charge in [-0.15, -0.1) is 0 Å². The second-order valence-electron chi connectivity index (χ2n) is 6.58. The van der Waals surface area contributed by atoms with Crippen molar-refractivity contribution >= 4 is 11.6 Å². The van der Waals surface area contributed by atoms with E-state index < -0.39 is 0 Å². The summed E-state index contributed by atoms with van der Waals surface area (Å²) in [4.78, 5) is 28.9. The number of pyridine rings is 1. The van der Waals surface area contributed by atoms with Crippen LogP contribution in [0.15, 0.2) is 43.2 Å². The maximum absolute atomic E-state index is 12.4. The van der Waals surface area contributed by atoms with Crippen LogP contribution in [0.4, 0.5) is 5.69 Å². The largest absolute Gasteiger partial charge is 0.309 e. The maximum Gasteiger partial charge on any atom is 0.227 e. The molecular weight excluding hydrogens is 290 g/mol. The highest BCUT2D eigenvalue weighted by molar-refractivity contribution is 5.96. The van der Waals surface area contributed by atoms with Gasteiger partial charge < -0.3 is 4.90 Å². The molecule has 2 aromatic rings. The standard InChI is InChI=1S/C17H19N5O/c23-16-6-17(12-22(16)15-8-19-13-20-9-15)3-5-21(11-17)10-14-2-1-4-18-7-14/h1-2,4,7-9,13H,3,5-6,10-12H2. The molecule has 6 nitrogen and oxygen atoms in total. The third kappa shape index (κ3) is 2.82. The molecule has 1 unspecified atom stereocenters. The SMILES string of the molecule is O=C1CC2(CCN(Cc3cccnc3)C2)CN1c1cncnc1. The fraction of sp³-hybridized carbons (Fsp3) is 0.412. The summed E-state index contributed by atoms with van der Waals surface area (Å²) in [5, 5.41) is 0. The molecule has 1 spiro atoms. The Labute approximate surface area is 135 Å². The predicted molar refractivity (Wildman–Crippen MR) is 85.6 cm³/mol. The van der Waals surface area contributed by atoms with Crippen LogP contribution in [0.25, 0.3) is 0 Å². The van der Waals surface area contributed by atoms with Crippen LogP contribution < -0.4 is 4.90 Å². The number of carbonyl (C=O) groups is 1. The Morgan fingerprint density at radius 3 is 2.78 bits per heavy atom. The van der Waals surface area contributed by atoms with Crippen LogP contribution in [0.5, 0.6) is 0 Å². The van der Waals surface area contributed by atoms with E-state index >= 15 is 0 Å². The first-order chi connectivity index (χ1) is 11.2. The van der Waals surface area contributed by atoms with Crippen LogP contribution in [-0.2, 0) is 11.3 Å². The number of rotatable bonds is 3. The van der Waals surface area contributed by atoms with Crippen molar-refractivity contribution in [2.24, 2.45) is 5.41 Å². The molecule has 0 N–H and O–H groups in total. The van der Waals surface area contributed by atoms with E-state index in [1.165, 1.54) is 11.9 Å². The topological polar surface area (TPSA) is 62.2 Å². The lowest BCUT2D eigenvalue weighted by Gasteiger charge is -2.24. The Hall–Kier alpha value is -2.34. The van der Waals surface area contributed by atoms with Crippen LogP contribution >= 0.6 is 0 Å². The van der Waals surface area contributed by atoms with E-state index in [9.17, 15) is 4.79 Å². The van der Waals surface area contributed by atoms with E-state index in [1.54, 1.807) is 18.6 Å². The van der Waals surface area contributed by atoms with Gasteiger partial charge >= 0.3 is 0 Å². The minimum absolute atomic E-state index is 0.0646. The van der Waals surface area contributed by atoms with Crippen molar-refractivity contribution in [3.05, 3.63) is 48.8 Å². The molecule has 0 aliphatic carbocycles. The molecule has 118 valence electrons. The van der Waals surface area contributed by atoms with Gasteiger partial charge in [-0.05, 0) is 24.6 Å². The van der Waals surface area contributed by atoms with Gasteiger partial charge in [0.2, 0.25) is 5.91 Å². The first-order valence-corrected chi connectivity index (χ1v) is 7.91. The van der Waals surface area contributed by atoms with Crippen LogP contribution in [0.2, 0.25) is 0 Å². The first-order valence-electron chi connectivity index (χ1n) is 7.91. The summed E-state index contributed by atoms with van der Waals surface area (Å²) in [5.41, 5.74) is 2.09. The zero-order valence-electron chi connectivity index (χ0n) is 12.9. The van der Waals surface area contributed by atoms with Gasteiger partial charge in [-0.3, -0.25) is 14.7 Å². The average molecular weight is 309 g/mol. The van der Waals surface area contributed by atoms with Gasteiger partial charge in [0.15, 0.2) is 0 Å². The number of anilines is 1. The number of nitrogens with zero attached hydrogens (tertiary/aromatic N) is 5. The van der Waals surface area contributed by atoms with Gasteiger partial charge in [0.05, 0.1) is 18.1 Å². The van der Waals surface area contributed by atoms with Crippen molar-refractivity contribution < 1.29 is 4.79 Å². The number of amides is 1. The lowest BCUT2D eigenvalue weighted by atomic mass is 9.86. The molecule has 2 aliphatic heterocycles. The fourth-order valence-corrected chi connectivity index (χ4v) is 3.75. The van der Waals surface area contributed by atoms with Gasteiger partial charge in [0.1, 0.15) is 6.33 Å². The second-order valence-corrected chi connectivity index (χ2v) is 6.58. The summed E-state index contributed by atoms with van der Waals surface area (Å²) >= 11 is 0. The molecule has 1 amide bonds. The Morgan fingerprint density at radius 1 is 1.13 bits per heavy atom. The lowest BCUT2D eigenvalue weighted by Crippen LogP contribution is -2.31. The quantitative estimate of drug-likeness (QED) is 0.860. The van der Waals surface area contributed by atoms with Gasteiger partial charge in [-0.25, -0.2) is 9.97 Å². The number of aromatic nitrogens is 3. The third-order valence-electron chi connectivity index (χ3n) is 4.83. The molecule has 1 atom stereocenters. The third-order valence-corrected chi connectivity index (χ3v) is 4.83. The van der Waals surface area contributed by atoms with Gasteiger partial charge in [0, 0.05) is 43.9 Å². The Kier molecular flexibility index (Phi) is 3.53.